The van der Waals surface area contributed by atoms with E-state index in [1.54, 1.807) is 41.2 Å². The Morgan fingerprint density at radius 1 is 1.04 bits per heavy atom. The summed E-state index contributed by atoms with van der Waals surface area (Å²) < 4.78 is 44.5. The number of hydrogen-bond donors (Lipinski definition) is 0. The third-order valence-electron chi connectivity index (χ3n) is 4.06. The zero-order valence-corrected chi connectivity index (χ0v) is 14.1. The standard InChI is InChI=1S/C20H13F3N2O2/c1-27-19(26)14-4-8-17(9-5-14)25-11-15(10-24)18(12-25)13-2-6-16(7-3-13)20(21,22)23/h2-9,11-12H,1H3. The van der Waals surface area contributed by atoms with Gasteiger partial charge in [-0.05, 0) is 42.0 Å². The average molecular weight is 370 g/mol. The summed E-state index contributed by atoms with van der Waals surface area (Å²) in [6.07, 6.45) is -1.17. The molecule has 0 N–H and O–H groups in total. The molecule has 2 aromatic carbocycles. The third-order valence-corrected chi connectivity index (χ3v) is 4.06. The number of carbonyl (C=O) groups excluding carboxylic acids is 1. The molecule has 1 heterocycles. The number of rotatable bonds is 3. The van der Waals surface area contributed by atoms with Gasteiger partial charge in [0, 0.05) is 23.6 Å². The molecule has 0 fully saturated rings. The number of carbonyl (C=O) groups is 1. The Bertz CT molecular complexity index is 1010. The van der Waals surface area contributed by atoms with Gasteiger partial charge in [0.25, 0.3) is 0 Å². The van der Waals surface area contributed by atoms with E-state index >= 15 is 0 Å². The van der Waals surface area contributed by atoms with Crippen molar-refractivity contribution in [1.29, 1.82) is 5.26 Å². The van der Waals surface area contributed by atoms with Crippen LogP contribution < -0.4 is 0 Å². The largest absolute Gasteiger partial charge is 0.465 e. The van der Waals surface area contributed by atoms with E-state index in [4.69, 9.17) is 0 Å². The first-order valence-electron chi connectivity index (χ1n) is 7.82. The lowest BCUT2D eigenvalue weighted by Gasteiger charge is -2.07. The van der Waals surface area contributed by atoms with Gasteiger partial charge in [-0.25, -0.2) is 4.79 Å². The summed E-state index contributed by atoms with van der Waals surface area (Å²) in [6, 6.07) is 13.2. The van der Waals surface area contributed by atoms with Crippen LogP contribution in [0.15, 0.2) is 60.9 Å². The van der Waals surface area contributed by atoms with Gasteiger partial charge in [-0.15, -0.1) is 0 Å². The molecule has 0 aliphatic heterocycles. The first kappa shape index (κ1) is 18.3. The molecule has 3 aromatic rings. The van der Waals surface area contributed by atoms with E-state index < -0.39 is 17.7 Å². The van der Waals surface area contributed by atoms with Gasteiger partial charge in [-0.2, -0.15) is 18.4 Å². The molecule has 4 nitrogen and oxygen atoms in total. The van der Waals surface area contributed by atoms with Crippen molar-refractivity contribution in [3.8, 4) is 22.9 Å². The summed E-state index contributed by atoms with van der Waals surface area (Å²) in [5.41, 5.74) is 1.68. The Morgan fingerprint density at radius 2 is 1.67 bits per heavy atom. The lowest BCUT2D eigenvalue weighted by atomic mass is 10.0. The molecule has 0 atom stereocenters. The van der Waals surface area contributed by atoms with Crippen LogP contribution in [0.2, 0.25) is 0 Å². The maximum absolute atomic E-state index is 12.7. The monoisotopic (exact) mass is 370 g/mol. The molecule has 1 aromatic heterocycles. The minimum Gasteiger partial charge on any atom is -0.465 e. The molecule has 0 unspecified atom stereocenters. The van der Waals surface area contributed by atoms with Crippen molar-refractivity contribution < 1.29 is 22.7 Å². The van der Waals surface area contributed by atoms with Gasteiger partial charge in [0.05, 0.1) is 23.8 Å². The lowest BCUT2D eigenvalue weighted by molar-refractivity contribution is -0.137. The lowest BCUT2D eigenvalue weighted by Crippen LogP contribution is -2.03. The quantitative estimate of drug-likeness (QED) is 0.621. The van der Waals surface area contributed by atoms with Gasteiger partial charge in [-0.3, -0.25) is 0 Å². The highest BCUT2D eigenvalue weighted by atomic mass is 19.4. The molecule has 0 amide bonds. The highest BCUT2D eigenvalue weighted by Crippen LogP contribution is 2.32. The van der Waals surface area contributed by atoms with Crippen molar-refractivity contribution >= 4 is 5.97 Å². The zero-order valence-electron chi connectivity index (χ0n) is 14.1. The summed E-state index contributed by atoms with van der Waals surface area (Å²) in [7, 11) is 1.29. The topological polar surface area (TPSA) is 55.0 Å². The maximum atomic E-state index is 12.7. The summed E-state index contributed by atoms with van der Waals surface area (Å²) in [4.78, 5) is 11.5. The number of nitriles is 1. The minimum absolute atomic E-state index is 0.326. The molecule has 0 spiro atoms. The summed E-state index contributed by atoms with van der Waals surface area (Å²) >= 11 is 0. The van der Waals surface area contributed by atoms with Crippen LogP contribution in [0.5, 0.6) is 0 Å². The molecule has 3 rings (SSSR count). The molecular formula is C20H13F3N2O2. The van der Waals surface area contributed by atoms with E-state index in [9.17, 15) is 23.2 Å². The zero-order chi connectivity index (χ0) is 19.6. The van der Waals surface area contributed by atoms with Crippen LogP contribution in [0.1, 0.15) is 21.5 Å². The number of methoxy groups -OCH3 is 1. The summed E-state index contributed by atoms with van der Waals surface area (Å²) in [5, 5.41) is 9.37. The second kappa shape index (κ2) is 7.00. The van der Waals surface area contributed by atoms with Crippen molar-refractivity contribution in [3.63, 3.8) is 0 Å². The number of alkyl halides is 3. The van der Waals surface area contributed by atoms with Crippen LogP contribution in [0, 0.1) is 11.3 Å². The van der Waals surface area contributed by atoms with E-state index in [0.29, 0.717) is 27.9 Å². The van der Waals surface area contributed by atoms with Gasteiger partial charge in [0.15, 0.2) is 0 Å². The number of ether oxygens (including phenoxy) is 1. The molecule has 0 aliphatic rings. The highest BCUT2D eigenvalue weighted by Gasteiger charge is 2.30. The average Bonchev–Trinajstić information content (AvgIpc) is 3.11. The van der Waals surface area contributed by atoms with Gasteiger partial charge in [0.1, 0.15) is 6.07 Å². The van der Waals surface area contributed by atoms with Crippen LogP contribution in [0.4, 0.5) is 13.2 Å². The van der Waals surface area contributed by atoms with E-state index in [1.165, 1.54) is 19.2 Å². The molecule has 0 radical (unpaired) electrons. The number of hydrogen-bond acceptors (Lipinski definition) is 3. The van der Waals surface area contributed by atoms with Crippen LogP contribution >= 0.6 is 0 Å². The molecule has 27 heavy (non-hydrogen) atoms. The fourth-order valence-corrected chi connectivity index (χ4v) is 2.65. The summed E-state index contributed by atoms with van der Waals surface area (Å²) in [5.74, 6) is -0.461. The van der Waals surface area contributed by atoms with Crippen LogP contribution in [-0.4, -0.2) is 17.6 Å². The molecular weight excluding hydrogens is 357 g/mol. The molecule has 136 valence electrons. The molecule has 7 heteroatoms. The Balaban J connectivity index is 1.96. The Labute approximate surface area is 153 Å². The summed E-state index contributed by atoms with van der Waals surface area (Å²) in [6.45, 7) is 0. The number of halogens is 3. The second-order valence-corrected chi connectivity index (χ2v) is 5.72. The predicted molar refractivity (Wildman–Crippen MR) is 92.3 cm³/mol. The Kier molecular flexibility index (Phi) is 4.74. The molecule has 0 bridgehead atoms. The number of aromatic nitrogens is 1. The molecule has 0 aliphatic carbocycles. The van der Waals surface area contributed by atoms with Crippen LogP contribution in [0.3, 0.4) is 0 Å². The van der Waals surface area contributed by atoms with Gasteiger partial charge < -0.3 is 9.30 Å². The fraction of sp³-hybridized carbons (Fsp3) is 0.100. The van der Waals surface area contributed by atoms with Crippen LogP contribution in [0.25, 0.3) is 16.8 Å². The first-order chi connectivity index (χ1) is 12.8. The Morgan fingerprint density at radius 3 is 2.19 bits per heavy atom. The second-order valence-electron chi connectivity index (χ2n) is 5.72. The van der Waals surface area contributed by atoms with Crippen molar-refractivity contribution in [2.75, 3.05) is 7.11 Å². The van der Waals surface area contributed by atoms with Gasteiger partial charge in [-0.1, -0.05) is 12.1 Å². The van der Waals surface area contributed by atoms with Crippen molar-refractivity contribution in [1.82, 2.24) is 4.57 Å². The highest BCUT2D eigenvalue weighted by molar-refractivity contribution is 5.89. The maximum Gasteiger partial charge on any atom is 0.416 e. The molecule has 0 saturated heterocycles. The smallest absolute Gasteiger partial charge is 0.416 e. The first-order valence-corrected chi connectivity index (χ1v) is 7.82. The van der Waals surface area contributed by atoms with Crippen molar-refractivity contribution in [2.45, 2.75) is 6.18 Å². The van der Waals surface area contributed by atoms with Gasteiger partial charge in [0.2, 0.25) is 0 Å². The number of benzene rings is 2. The van der Waals surface area contributed by atoms with E-state index in [0.717, 1.165) is 12.1 Å². The number of esters is 1. The minimum atomic E-state index is -4.41. The van der Waals surface area contributed by atoms with Gasteiger partial charge >= 0.3 is 12.1 Å². The fourth-order valence-electron chi connectivity index (χ4n) is 2.65. The van der Waals surface area contributed by atoms with Crippen molar-refractivity contribution in [2.24, 2.45) is 0 Å². The number of nitrogens with zero attached hydrogens (tertiary/aromatic N) is 2. The Hall–Kier alpha value is -3.53. The predicted octanol–water partition coefficient (Wildman–Crippen LogP) is 4.82. The van der Waals surface area contributed by atoms with Crippen LogP contribution in [-0.2, 0) is 10.9 Å². The SMILES string of the molecule is COC(=O)c1ccc(-n2cc(C#N)c(-c3ccc(C(F)(F)F)cc3)c2)cc1. The van der Waals surface area contributed by atoms with E-state index in [-0.39, 0.29) is 0 Å². The van der Waals surface area contributed by atoms with E-state index in [2.05, 4.69) is 10.8 Å². The van der Waals surface area contributed by atoms with E-state index in [1.807, 2.05) is 0 Å². The van der Waals surface area contributed by atoms with Crippen molar-refractivity contribution in [3.05, 3.63) is 77.6 Å². The third kappa shape index (κ3) is 3.70. The molecule has 0 saturated carbocycles. The normalized spacial score (nSPS) is 11.1.